The molecule has 5 atom stereocenters. The van der Waals surface area contributed by atoms with Gasteiger partial charge in [-0.15, -0.1) is 0 Å². The lowest BCUT2D eigenvalue weighted by molar-refractivity contribution is -0.147. The van der Waals surface area contributed by atoms with Crippen LogP contribution in [0.1, 0.15) is 55.5 Å². The summed E-state index contributed by atoms with van der Waals surface area (Å²) >= 11 is 0. The van der Waals surface area contributed by atoms with Crippen molar-refractivity contribution in [1.29, 1.82) is 5.26 Å². The van der Waals surface area contributed by atoms with Crippen LogP contribution in [-0.4, -0.2) is 46.1 Å². The van der Waals surface area contributed by atoms with Gasteiger partial charge in [0.2, 0.25) is 5.91 Å². The van der Waals surface area contributed by atoms with Gasteiger partial charge in [-0.05, 0) is 63.2 Å². The molecule has 1 saturated heterocycles. The largest absolute Gasteiger partial charge is 0.390 e. The van der Waals surface area contributed by atoms with Crippen molar-refractivity contribution >= 4 is 5.91 Å². The topological polar surface area (TPSA) is 76.4 Å². The first kappa shape index (κ1) is 11.4. The van der Waals surface area contributed by atoms with Crippen LogP contribution in [-0.2, 0) is 4.79 Å². The van der Waals surface area contributed by atoms with E-state index in [4.69, 9.17) is 4.11 Å². The molecule has 120 valence electrons. The Hall–Kier alpha value is -1.12. The number of aliphatic hydroxyl groups is 1. The van der Waals surface area contributed by atoms with E-state index < -0.39 is 24.0 Å². The maximum Gasteiger partial charge on any atom is 0.237 e. The molecule has 2 N–H and O–H groups in total. The molecule has 5 nitrogen and oxygen atoms in total. The number of nitrogens with zero attached hydrogens (tertiary/aromatic N) is 2. The van der Waals surface area contributed by atoms with Gasteiger partial charge in [0.1, 0.15) is 6.02 Å². The number of carbonyl (C=O) groups excluding carboxylic acids is 1. The molecule has 0 aromatic carbocycles. The number of rotatable bonds is 3. The van der Waals surface area contributed by atoms with Crippen LogP contribution in [0.4, 0.5) is 0 Å². The third-order valence-electron chi connectivity index (χ3n) is 5.92. The molecule has 1 heterocycles. The van der Waals surface area contributed by atoms with Gasteiger partial charge in [-0.25, -0.2) is 0 Å². The van der Waals surface area contributed by atoms with E-state index in [1.54, 1.807) is 6.07 Å². The predicted octanol–water partition coefficient (Wildman–Crippen LogP) is 1.17. The molecule has 5 rings (SSSR count). The van der Waals surface area contributed by atoms with Gasteiger partial charge in [-0.1, -0.05) is 0 Å². The van der Waals surface area contributed by atoms with Crippen LogP contribution in [0.25, 0.3) is 0 Å². The predicted molar refractivity (Wildman–Crippen MR) is 80.7 cm³/mol. The van der Waals surface area contributed by atoms with Crippen molar-refractivity contribution < 1.29 is 14.0 Å². The number of nitriles is 1. The lowest BCUT2D eigenvalue weighted by atomic mass is 9.51. The maximum atomic E-state index is 12.7. The monoisotopic (exact) mass is 306 g/mol. The zero-order chi connectivity index (χ0) is 18.1. The van der Waals surface area contributed by atoms with Crippen LogP contribution in [0, 0.1) is 23.2 Å². The third kappa shape index (κ3) is 2.33. The fraction of sp³-hybridized carbons (Fsp3) is 0.882. The SMILES string of the molecule is [2H]C1([2H])CC[C@@]([2H])(C#N)N1C(=O)CNC12C[C@@H]3C[C@@H](CC(O)(C3)C1)C2. The van der Waals surface area contributed by atoms with E-state index in [1.807, 2.05) is 0 Å². The van der Waals surface area contributed by atoms with Gasteiger partial charge < -0.3 is 15.3 Å². The van der Waals surface area contributed by atoms with Gasteiger partial charge in [-0.2, -0.15) is 5.26 Å². The maximum absolute atomic E-state index is 12.7. The minimum Gasteiger partial charge on any atom is -0.390 e. The van der Waals surface area contributed by atoms with Crippen molar-refractivity contribution in [3.05, 3.63) is 0 Å². The first-order valence-electron chi connectivity index (χ1n) is 9.81. The van der Waals surface area contributed by atoms with Gasteiger partial charge in [0.25, 0.3) is 0 Å². The summed E-state index contributed by atoms with van der Waals surface area (Å²) < 4.78 is 24.1. The Bertz CT molecular complexity index is 636. The highest BCUT2D eigenvalue weighted by Crippen LogP contribution is 2.57. The molecule has 0 aromatic heterocycles. The average molecular weight is 306 g/mol. The normalized spacial score (nSPS) is 53.6. The highest BCUT2D eigenvalue weighted by molar-refractivity contribution is 5.79. The first-order valence-corrected chi connectivity index (χ1v) is 8.31. The quantitative estimate of drug-likeness (QED) is 0.821. The summed E-state index contributed by atoms with van der Waals surface area (Å²) in [5, 5.41) is 23.4. The van der Waals surface area contributed by atoms with Gasteiger partial charge in [0.05, 0.1) is 19.6 Å². The zero-order valence-corrected chi connectivity index (χ0v) is 12.8. The Morgan fingerprint density at radius 1 is 1.45 bits per heavy atom. The minimum absolute atomic E-state index is 0.00480. The lowest BCUT2D eigenvalue weighted by Crippen LogP contribution is -2.65. The number of likely N-dealkylation sites (tertiary alicyclic amines) is 1. The van der Waals surface area contributed by atoms with Crippen LogP contribution in [0.3, 0.4) is 0 Å². The van der Waals surface area contributed by atoms with E-state index in [2.05, 4.69) is 5.32 Å². The fourth-order valence-electron chi connectivity index (χ4n) is 5.60. The average Bonchev–Trinajstić information content (AvgIpc) is 2.73. The number of amides is 1. The molecular formula is C17H25N3O2. The van der Waals surface area contributed by atoms with Crippen molar-refractivity contribution in [2.75, 3.05) is 13.0 Å². The second-order valence-corrected chi connectivity index (χ2v) is 7.77. The molecule has 0 spiro atoms. The van der Waals surface area contributed by atoms with Gasteiger partial charge in [0, 0.05) is 14.8 Å². The van der Waals surface area contributed by atoms with Crippen molar-refractivity contribution in [1.82, 2.24) is 10.2 Å². The molecule has 22 heavy (non-hydrogen) atoms. The van der Waals surface area contributed by atoms with Crippen LogP contribution < -0.4 is 5.32 Å². The number of hydrogen-bond acceptors (Lipinski definition) is 4. The summed E-state index contributed by atoms with van der Waals surface area (Å²) in [4.78, 5) is 13.5. The van der Waals surface area contributed by atoms with E-state index in [9.17, 15) is 15.2 Å². The number of nitrogens with one attached hydrogen (secondary N) is 1. The standard InChI is InChI=1S/C17H25N3O2/c18-9-14-2-1-3-20(14)15(21)10-19-16-5-12-4-13(6-16)8-17(22,7-12)11-16/h12-14,19,22H,1-8,10-11H2/t12-,13+,14-,16?,17?/m0/s1/i3D2,14D. The van der Waals surface area contributed by atoms with Gasteiger partial charge >= 0.3 is 0 Å². The Kier molecular flexibility index (Phi) is 2.56. The van der Waals surface area contributed by atoms with E-state index in [1.165, 1.54) is 0 Å². The van der Waals surface area contributed by atoms with Crippen LogP contribution >= 0.6 is 0 Å². The Labute approximate surface area is 135 Å². The molecule has 0 radical (unpaired) electrons. The van der Waals surface area contributed by atoms with Crippen molar-refractivity contribution in [3.63, 3.8) is 0 Å². The minimum atomic E-state index is -1.96. The second kappa shape index (κ2) is 4.94. The zero-order valence-electron chi connectivity index (χ0n) is 15.8. The molecule has 5 aliphatic rings. The van der Waals surface area contributed by atoms with E-state index in [0.717, 1.165) is 37.0 Å². The number of hydrogen-bond donors (Lipinski definition) is 2. The molecule has 1 aliphatic heterocycles. The van der Waals surface area contributed by atoms with Crippen LogP contribution in [0.15, 0.2) is 0 Å². The molecular weight excluding hydrogens is 278 g/mol. The smallest absolute Gasteiger partial charge is 0.237 e. The summed E-state index contributed by atoms with van der Waals surface area (Å²) in [6, 6.07) is -0.0407. The van der Waals surface area contributed by atoms with E-state index >= 15 is 0 Å². The van der Waals surface area contributed by atoms with Gasteiger partial charge in [-0.3, -0.25) is 4.79 Å². The molecule has 1 amide bonds. The van der Waals surface area contributed by atoms with Crippen molar-refractivity contribution in [2.45, 2.75) is 68.5 Å². The highest BCUT2D eigenvalue weighted by atomic mass is 16.3. The Balaban J connectivity index is 1.48. The molecule has 5 fully saturated rings. The van der Waals surface area contributed by atoms with Crippen molar-refractivity contribution in [2.24, 2.45) is 11.8 Å². The number of carbonyl (C=O) groups is 1. The highest BCUT2D eigenvalue weighted by Gasteiger charge is 2.57. The first-order chi connectivity index (χ1) is 11.6. The van der Waals surface area contributed by atoms with Crippen molar-refractivity contribution in [3.8, 4) is 6.07 Å². The van der Waals surface area contributed by atoms with E-state index in [-0.39, 0.29) is 24.9 Å². The molecule has 4 aliphatic carbocycles. The lowest BCUT2D eigenvalue weighted by Gasteiger charge is -2.60. The molecule has 0 aromatic rings. The summed E-state index contributed by atoms with van der Waals surface area (Å²) in [6.07, 6.45) is 5.39. The summed E-state index contributed by atoms with van der Waals surface area (Å²) in [7, 11) is 0. The molecule has 4 bridgehead atoms. The van der Waals surface area contributed by atoms with Gasteiger partial charge in [0.15, 0.2) is 0 Å². The summed E-state index contributed by atoms with van der Waals surface area (Å²) in [6.45, 7) is -2.05. The molecule has 4 saturated carbocycles. The van der Waals surface area contributed by atoms with Crippen LogP contribution in [0.5, 0.6) is 0 Å². The molecule has 5 heteroatoms. The third-order valence-corrected chi connectivity index (χ3v) is 5.92. The second-order valence-electron chi connectivity index (χ2n) is 7.77. The Morgan fingerprint density at radius 3 is 2.82 bits per heavy atom. The Morgan fingerprint density at radius 2 is 2.18 bits per heavy atom. The van der Waals surface area contributed by atoms with Crippen LogP contribution in [0.2, 0.25) is 0 Å². The molecule has 2 unspecified atom stereocenters. The fourth-order valence-corrected chi connectivity index (χ4v) is 5.60. The summed E-state index contributed by atoms with van der Waals surface area (Å²) in [5.74, 6) is 0.435. The summed E-state index contributed by atoms with van der Waals surface area (Å²) in [5.41, 5.74) is -0.896. The van der Waals surface area contributed by atoms with E-state index in [0.29, 0.717) is 18.3 Å².